The molecule has 0 radical (unpaired) electrons. The second-order valence-electron chi connectivity index (χ2n) is 10.0. The van der Waals surface area contributed by atoms with Crippen LogP contribution < -0.4 is 56.3 Å². The zero-order chi connectivity index (χ0) is 33.2. The minimum absolute atomic E-state index is 0. The molecule has 1 aromatic heterocycles. The Morgan fingerprint density at radius 3 is 2.53 bits per heavy atom. The van der Waals surface area contributed by atoms with Crippen LogP contribution in [0.3, 0.4) is 0 Å². The Kier molecular flexibility index (Phi) is 11.6. The first-order valence-electron chi connectivity index (χ1n) is 13.6. The number of aromatic nitrogens is 2. The number of β-lactam (4-membered cyclic amide) rings is 1. The van der Waals surface area contributed by atoms with E-state index in [-0.39, 0.29) is 78.4 Å². The van der Waals surface area contributed by atoms with Gasteiger partial charge < -0.3 is 36.5 Å². The average molecular weight is 712 g/mol. The second-order valence-corrected chi connectivity index (χ2v) is 13.1. The first-order chi connectivity index (χ1) is 22.0. The molecule has 1 aromatic carbocycles. The van der Waals surface area contributed by atoms with Gasteiger partial charge in [-0.1, -0.05) is 35.2 Å². The topological polar surface area (TPSA) is 240 Å². The summed E-state index contributed by atoms with van der Waals surface area (Å²) >= 11 is 3.58. The largest absolute Gasteiger partial charge is 1.00 e. The van der Waals surface area contributed by atoms with Crippen molar-refractivity contribution < 1.29 is 68.2 Å². The van der Waals surface area contributed by atoms with E-state index in [1.54, 1.807) is 6.92 Å². The molecule has 0 saturated carbocycles. The molecule has 17 nitrogen and oxygen atoms in total. The first kappa shape index (κ1) is 36.2. The zero-order valence-electron chi connectivity index (χ0n) is 25.0. The summed E-state index contributed by atoms with van der Waals surface area (Å²) in [5, 5.41) is 26.0. The van der Waals surface area contributed by atoms with Crippen LogP contribution >= 0.6 is 34.9 Å². The van der Waals surface area contributed by atoms with Crippen molar-refractivity contribution in [2.45, 2.75) is 28.3 Å². The number of hydrogen-bond acceptors (Lipinski definition) is 14. The molecule has 0 bridgehead atoms. The van der Waals surface area contributed by atoms with Crippen molar-refractivity contribution in [1.29, 1.82) is 0 Å². The number of benzene rings is 1. The minimum atomic E-state index is -2.10. The van der Waals surface area contributed by atoms with Crippen LogP contribution in [0.15, 0.2) is 45.4 Å². The maximum Gasteiger partial charge on any atom is 1.00 e. The SMILES string of the molecule is CCN1CCN(C(=O)NC(C(=O)N[C@]2(NC=O)C(=O)N3C(C(=O)[O-])=C(CSc4nncs4)CS[C@@H]32)c2ccc(N)cc2)C(=O)C1=O.[Na+]. The Morgan fingerprint density at radius 1 is 1.19 bits per heavy atom. The fraction of sp³-hybridized carbons (Fsp3) is 0.346. The van der Waals surface area contributed by atoms with Crippen LogP contribution in [0.2, 0.25) is 0 Å². The third-order valence-corrected chi connectivity index (χ3v) is 10.7. The van der Waals surface area contributed by atoms with Gasteiger partial charge in [-0.05, 0) is 30.2 Å². The predicted molar refractivity (Wildman–Crippen MR) is 162 cm³/mol. The van der Waals surface area contributed by atoms with Gasteiger partial charge in [-0.3, -0.25) is 33.8 Å². The fourth-order valence-electron chi connectivity index (χ4n) is 5.10. The van der Waals surface area contributed by atoms with Crippen molar-refractivity contribution in [2.24, 2.45) is 0 Å². The van der Waals surface area contributed by atoms with Gasteiger partial charge in [-0.15, -0.1) is 22.0 Å². The molecule has 2 aromatic rings. The van der Waals surface area contributed by atoms with Gasteiger partial charge in [0, 0.05) is 36.8 Å². The van der Waals surface area contributed by atoms with Gasteiger partial charge in [0.15, 0.2) is 4.34 Å². The molecule has 1 unspecified atom stereocenters. The summed E-state index contributed by atoms with van der Waals surface area (Å²) in [7, 11) is 0. The van der Waals surface area contributed by atoms with Crippen LogP contribution in [-0.2, 0) is 28.8 Å². The number of urea groups is 1. The summed E-state index contributed by atoms with van der Waals surface area (Å²) in [6, 6.07) is 3.20. The summed E-state index contributed by atoms with van der Waals surface area (Å²) in [4.78, 5) is 92.7. The molecule has 4 heterocycles. The number of carboxylic acids is 1. The van der Waals surface area contributed by atoms with E-state index in [9.17, 15) is 38.7 Å². The van der Waals surface area contributed by atoms with E-state index in [4.69, 9.17) is 5.73 Å². The maximum absolute atomic E-state index is 13.9. The van der Waals surface area contributed by atoms with Crippen molar-refractivity contribution in [3.8, 4) is 0 Å². The summed E-state index contributed by atoms with van der Waals surface area (Å²) in [6.07, 6.45) is 0.188. The molecule has 0 aliphatic carbocycles. The number of anilines is 1. The van der Waals surface area contributed by atoms with E-state index < -0.39 is 52.7 Å². The number of rotatable bonds is 11. The summed E-state index contributed by atoms with van der Waals surface area (Å²) in [5.41, 5.74) is 5.73. The van der Waals surface area contributed by atoms with Gasteiger partial charge in [0.25, 0.3) is 5.91 Å². The Morgan fingerprint density at radius 2 is 1.91 bits per heavy atom. The monoisotopic (exact) mass is 711 g/mol. The van der Waals surface area contributed by atoms with Crippen molar-refractivity contribution in [3.05, 3.63) is 46.6 Å². The van der Waals surface area contributed by atoms with Crippen molar-refractivity contribution in [3.63, 3.8) is 0 Å². The molecule has 5 N–H and O–H groups in total. The Hall–Kier alpha value is -3.69. The number of hydrogen-bond donors (Lipinski definition) is 4. The number of nitrogens with zero attached hydrogens (tertiary/aromatic N) is 5. The van der Waals surface area contributed by atoms with Crippen LogP contribution in [0.4, 0.5) is 10.5 Å². The number of likely N-dealkylation sites (N-methyl/N-ethyl adjacent to an activating group) is 1. The maximum atomic E-state index is 13.9. The van der Waals surface area contributed by atoms with Gasteiger partial charge >= 0.3 is 47.4 Å². The summed E-state index contributed by atoms with van der Waals surface area (Å²) in [6.45, 7) is 1.93. The smallest absolute Gasteiger partial charge is 0.543 e. The Labute approximate surface area is 301 Å². The number of imide groups is 1. The molecule has 3 aliphatic heterocycles. The van der Waals surface area contributed by atoms with Gasteiger partial charge in [-0.2, -0.15) is 0 Å². The van der Waals surface area contributed by atoms with E-state index >= 15 is 0 Å². The van der Waals surface area contributed by atoms with E-state index in [0.29, 0.717) is 20.5 Å². The number of nitrogens with two attached hydrogens (primary N) is 1. The van der Waals surface area contributed by atoms with Crippen molar-refractivity contribution >= 4 is 82.6 Å². The molecule has 5 rings (SSSR count). The van der Waals surface area contributed by atoms with E-state index in [0.717, 1.165) is 16.7 Å². The molecule has 242 valence electrons. The molecule has 2 saturated heterocycles. The number of nitrogens with one attached hydrogen (secondary N) is 3. The van der Waals surface area contributed by atoms with E-state index in [1.165, 1.54) is 57.8 Å². The molecule has 2 fully saturated rings. The van der Waals surface area contributed by atoms with Gasteiger partial charge in [0.2, 0.25) is 18.0 Å². The van der Waals surface area contributed by atoms with Crippen LogP contribution in [0.25, 0.3) is 0 Å². The number of nitrogen functional groups attached to an aromatic ring is 1. The second kappa shape index (κ2) is 15.0. The number of carbonyl (C=O) groups excluding carboxylic acids is 7. The number of aliphatic carboxylic acids is 1. The van der Waals surface area contributed by atoms with Crippen molar-refractivity contribution in [2.75, 3.05) is 36.9 Å². The quantitative estimate of drug-likeness (QED) is 0.0325. The molecule has 21 heteroatoms. The molecule has 0 spiro atoms. The Balaban J connectivity index is 0.00000500. The molecular weight excluding hydrogens is 686 g/mol. The molecule has 3 atom stereocenters. The Bertz CT molecular complexity index is 1630. The number of carbonyl (C=O) groups is 7. The molecule has 47 heavy (non-hydrogen) atoms. The number of carboxylic acid groups (broad SMARTS) is 1. The zero-order valence-corrected chi connectivity index (χ0v) is 29.4. The van der Waals surface area contributed by atoms with E-state index in [1.807, 2.05) is 0 Å². The van der Waals surface area contributed by atoms with Gasteiger partial charge in [0.1, 0.15) is 16.9 Å². The van der Waals surface area contributed by atoms with Crippen LogP contribution in [0.1, 0.15) is 18.5 Å². The number of amides is 7. The standard InChI is InChI=1S/C26H27N9O8S3.Na/c1-2-33-7-8-34(20(39)19(33)38)24(43)30-16(13-3-5-15(27)6-4-13)18(37)31-26(28-11-36)22(42)35-17(21(40)41)14(9-44-23(26)35)10-45-25-32-29-12-46-25;/h3-6,11-12,16,23H,2,7-10,27H2,1H3,(H,28,36)(H,30,43)(H,31,37)(H,40,41);/q;+1/p-1/t16?,23-,26-;/m1./s1. The minimum Gasteiger partial charge on any atom is -0.543 e. The third kappa shape index (κ3) is 6.97. The fourth-order valence-corrected chi connectivity index (χ4v) is 8.15. The number of thioether (sulfide) groups is 2. The van der Waals surface area contributed by atoms with Crippen LogP contribution in [0.5, 0.6) is 0 Å². The molecule has 3 aliphatic rings. The first-order valence-corrected chi connectivity index (χ1v) is 16.5. The third-order valence-electron chi connectivity index (χ3n) is 7.40. The predicted octanol–water partition coefficient (Wildman–Crippen LogP) is -5.16. The van der Waals surface area contributed by atoms with Crippen LogP contribution in [0, 0.1) is 0 Å². The summed E-state index contributed by atoms with van der Waals surface area (Å²) in [5.74, 6) is -5.23. The van der Waals surface area contributed by atoms with E-state index in [2.05, 4.69) is 26.1 Å². The molecule has 7 amide bonds. The average Bonchev–Trinajstić information content (AvgIpc) is 3.57. The van der Waals surface area contributed by atoms with Gasteiger partial charge in [0.05, 0.1) is 11.7 Å². The van der Waals surface area contributed by atoms with Crippen molar-refractivity contribution in [1.82, 2.24) is 40.8 Å². The molecular formula is C26H26N9NaO8S3. The number of piperazine rings is 1. The van der Waals surface area contributed by atoms with Gasteiger partial charge in [-0.25, -0.2) is 4.79 Å². The summed E-state index contributed by atoms with van der Waals surface area (Å²) < 4.78 is 0.588. The van der Waals surface area contributed by atoms with Crippen LogP contribution in [-0.4, -0.2) is 109 Å². The normalized spacial score (nSPS) is 21.3. The number of fused-ring (bicyclic) bond motifs is 1.